The molecule has 0 aromatic rings. The summed E-state index contributed by atoms with van der Waals surface area (Å²) in [6.45, 7) is 1.55. The largest absolute Gasteiger partial charge is 0.495 e. The molecule has 1 atom stereocenters. The molecule has 0 radical (unpaired) electrons. The number of fused-ring (bicyclic) bond motifs is 2. The van der Waals surface area contributed by atoms with E-state index in [2.05, 4.69) is 5.32 Å². The van der Waals surface area contributed by atoms with Crippen LogP contribution in [0.4, 0.5) is 0 Å². The zero-order valence-corrected chi connectivity index (χ0v) is 14.8. The van der Waals surface area contributed by atoms with Crippen LogP contribution in [0.3, 0.4) is 0 Å². The number of ether oxygens (including phenoxy) is 1. The van der Waals surface area contributed by atoms with E-state index >= 15 is 0 Å². The lowest BCUT2D eigenvalue weighted by molar-refractivity contribution is -0.149. The molecule has 0 fully saturated rings. The van der Waals surface area contributed by atoms with Crippen molar-refractivity contribution < 1.29 is 24.2 Å². The van der Waals surface area contributed by atoms with E-state index in [0.717, 1.165) is 42.7 Å². The Kier molecular flexibility index (Phi) is 5.22. The fourth-order valence-corrected chi connectivity index (χ4v) is 4.34. The standard InChI is InChI=1S/C16H21N3O5S/c1-2-24-11-9-18-19(10-6-4-3-5-7-12(10)25-18)16(23)14(11)15(22)17-8-13(20)21/h9,14H,2-8H2,1H3,(H,17,22)(H,20,21). The number of carbonyl (C=O) groups excluding carboxylic acids is 2. The summed E-state index contributed by atoms with van der Waals surface area (Å²) >= 11 is 1.49. The Bertz CT molecular complexity index is 660. The van der Waals surface area contributed by atoms with Gasteiger partial charge in [-0.05, 0) is 32.6 Å². The molecule has 8 nitrogen and oxygen atoms in total. The molecule has 0 aromatic heterocycles. The number of rotatable bonds is 5. The van der Waals surface area contributed by atoms with Crippen molar-refractivity contribution in [1.29, 1.82) is 0 Å². The number of allylic oxidation sites excluding steroid dienone is 2. The van der Waals surface area contributed by atoms with Gasteiger partial charge in [0.25, 0.3) is 5.91 Å². The van der Waals surface area contributed by atoms with E-state index in [0.29, 0.717) is 6.61 Å². The lowest BCUT2D eigenvalue weighted by atomic mass is 10.0. The highest BCUT2D eigenvalue weighted by atomic mass is 32.2. The van der Waals surface area contributed by atoms with Gasteiger partial charge in [0.15, 0.2) is 5.92 Å². The van der Waals surface area contributed by atoms with Crippen LogP contribution in [0.1, 0.15) is 39.0 Å². The number of amides is 2. The summed E-state index contributed by atoms with van der Waals surface area (Å²) < 4.78 is 7.24. The van der Waals surface area contributed by atoms with Crippen molar-refractivity contribution in [3.05, 3.63) is 22.6 Å². The van der Waals surface area contributed by atoms with Gasteiger partial charge in [0, 0.05) is 16.9 Å². The van der Waals surface area contributed by atoms with E-state index in [-0.39, 0.29) is 5.76 Å². The van der Waals surface area contributed by atoms with Gasteiger partial charge < -0.3 is 15.2 Å². The van der Waals surface area contributed by atoms with Crippen molar-refractivity contribution in [1.82, 2.24) is 14.7 Å². The van der Waals surface area contributed by atoms with Gasteiger partial charge in [0.05, 0.1) is 18.5 Å². The van der Waals surface area contributed by atoms with Gasteiger partial charge in [-0.25, -0.2) is 9.42 Å². The molecule has 1 unspecified atom stereocenters. The molecule has 3 aliphatic rings. The molecule has 136 valence electrons. The van der Waals surface area contributed by atoms with E-state index in [1.54, 1.807) is 22.5 Å². The minimum atomic E-state index is -1.16. The second kappa shape index (κ2) is 7.38. The number of carbonyl (C=O) groups is 3. The first-order valence-electron chi connectivity index (χ1n) is 8.40. The van der Waals surface area contributed by atoms with Crippen LogP contribution in [0.5, 0.6) is 0 Å². The number of nitrogens with zero attached hydrogens (tertiary/aromatic N) is 2. The molecule has 1 aliphatic carbocycles. The Balaban J connectivity index is 1.88. The van der Waals surface area contributed by atoms with Crippen molar-refractivity contribution >= 4 is 29.7 Å². The molecule has 0 bridgehead atoms. The maximum Gasteiger partial charge on any atom is 0.322 e. The smallest absolute Gasteiger partial charge is 0.322 e. The van der Waals surface area contributed by atoms with Gasteiger partial charge in [0.1, 0.15) is 12.3 Å². The summed E-state index contributed by atoms with van der Waals surface area (Å²) in [5.41, 5.74) is 0.954. The molecule has 0 spiro atoms. The van der Waals surface area contributed by atoms with Crippen LogP contribution in [0.25, 0.3) is 0 Å². The van der Waals surface area contributed by atoms with Gasteiger partial charge in [-0.15, -0.1) is 0 Å². The second-order valence-corrected chi connectivity index (χ2v) is 7.03. The molecule has 2 amide bonds. The maximum absolute atomic E-state index is 13.1. The monoisotopic (exact) mass is 367 g/mol. The molecule has 0 saturated heterocycles. The van der Waals surface area contributed by atoms with Crippen molar-refractivity contribution in [2.75, 3.05) is 13.2 Å². The minimum absolute atomic E-state index is 0.247. The summed E-state index contributed by atoms with van der Waals surface area (Å²) in [6, 6.07) is 0. The predicted molar refractivity (Wildman–Crippen MR) is 90.2 cm³/mol. The number of hydrazine groups is 1. The van der Waals surface area contributed by atoms with E-state index in [9.17, 15) is 14.4 Å². The Morgan fingerprint density at radius 2 is 2.12 bits per heavy atom. The summed E-state index contributed by atoms with van der Waals surface area (Å²) in [5, 5.41) is 12.6. The highest BCUT2D eigenvalue weighted by Crippen LogP contribution is 2.46. The van der Waals surface area contributed by atoms with Crippen LogP contribution >= 0.6 is 11.9 Å². The molecule has 2 heterocycles. The first-order chi connectivity index (χ1) is 12.0. The molecule has 25 heavy (non-hydrogen) atoms. The SMILES string of the molecule is CCOC1=CN2SC3=C(CCCCC3)N2C(=O)C1C(=O)NCC(=O)O. The number of carboxylic acids is 1. The van der Waals surface area contributed by atoms with Crippen LogP contribution in [-0.4, -0.2) is 45.5 Å². The molecule has 2 N–H and O–H groups in total. The van der Waals surface area contributed by atoms with Gasteiger partial charge >= 0.3 is 5.97 Å². The van der Waals surface area contributed by atoms with Crippen LogP contribution in [0.15, 0.2) is 22.6 Å². The number of nitrogens with one attached hydrogen (secondary N) is 1. The fourth-order valence-electron chi connectivity index (χ4n) is 3.17. The van der Waals surface area contributed by atoms with Crippen LogP contribution in [0.2, 0.25) is 0 Å². The molecule has 0 aromatic carbocycles. The van der Waals surface area contributed by atoms with Crippen LogP contribution in [-0.2, 0) is 19.1 Å². The normalized spacial score (nSPS) is 22.8. The van der Waals surface area contributed by atoms with Gasteiger partial charge in [-0.1, -0.05) is 6.42 Å². The summed E-state index contributed by atoms with van der Waals surface area (Å²) in [6.07, 6.45) is 6.61. The average molecular weight is 367 g/mol. The Morgan fingerprint density at radius 3 is 2.84 bits per heavy atom. The Labute approximate surface area is 150 Å². The number of aliphatic carboxylic acids is 1. The number of carboxylic acid groups (broad SMARTS) is 1. The number of hydrogen-bond acceptors (Lipinski definition) is 6. The highest BCUT2D eigenvalue weighted by molar-refractivity contribution is 8.01. The third kappa shape index (κ3) is 3.46. The van der Waals surface area contributed by atoms with Gasteiger partial charge in [0.2, 0.25) is 5.91 Å². The second-order valence-electron chi connectivity index (χ2n) is 5.98. The highest BCUT2D eigenvalue weighted by Gasteiger charge is 2.46. The summed E-state index contributed by atoms with van der Waals surface area (Å²) in [7, 11) is 0. The summed E-state index contributed by atoms with van der Waals surface area (Å²) in [5.74, 6) is -3.12. The van der Waals surface area contributed by atoms with E-state index < -0.39 is 30.2 Å². The number of hydrogen-bond donors (Lipinski definition) is 2. The molecular formula is C16H21N3O5S. The third-order valence-electron chi connectivity index (χ3n) is 4.26. The maximum atomic E-state index is 13.1. The fraction of sp³-hybridized carbons (Fsp3) is 0.562. The molecule has 3 rings (SSSR count). The lowest BCUT2D eigenvalue weighted by Crippen LogP contribution is -2.50. The van der Waals surface area contributed by atoms with Gasteiger partial charge in [-0.3, -0.25) is 14.4 Å². The Hall–Kier alpha value is -2.16. The van der Waals surface area contributed by atoms with Crippen molar-refractivity contribution in [3.8, 4) is 0 Å². The first kappa shape index (κ1) is 17.7. The molecule has 2 aliphatic heterocycles. The molecular weight excluding hydrogens is 346 g/mol. The zero-order valence-electron chi connectivity index (χ0n) is 14.0. The predicted octanol–water partition coefficient (Wildman–Crippen LogP) is 1.58. The Morgan fingerprint density at radius 1 is 1.36 bits per heavy atom. The lowest BCUT2D eigenvalue weighted by Gasteiger charge is -2.36. The zero-order chi connectivity index (χ0) is 18.0. The summed E-state index contributed by atoms with van der Waals surface area (Å²) in [4.78, 5) is 37.3. The molecule has 0 saturated carbocycles. The third-order valence-corrected chi connectivity index (χ3v) is 5.38. The van der Waals surface area contributed by atoms with E-state index in [4.69, 9.17) is 9.84 Å². The quantitative estimate of drug-likeness (QED) is 0.562. The first-order valence-corrected chi connectivity index (χ1v) is 9.17. The van der Waals surface area contributed by atoms with E-state index in [1.165, 1.54) is 11.9 Å². The van der Waals surface area contributed by atoms with E-state index in [1.807, 2.05) is 0 Å². The minimum Gasteiger partial charge on any atom is -0.495 e. The topological polar surface area (TPSA) is 99.2 Å². The van der Waals surface area contributed by atoms with Crippen LogP contribution < -0.4 is 5.32 Å². The molecule has 9 heteroatoms. The van der Waals surface area contributed by atoms with Crippen LogP contribution in [0, 0.1) is 5.92 Å². The van der Waals surface area contributed by atoms with Crippen molar-refractivity contribution in [3.63, 3.8) is 0 Å². The van der Waals surface area contributed by atoms with Gasteiger partial charge in [-0.2, -0.15) is 0 Å². The van der Waals surface area contributed by atoms with Crippen molar-refractivity contribution in [2.45, 2.75) is 39.0 Å². The van der Waals surface area contributed by atoms with Crippen molar-refractivity contribution in [2.24, 2.45) is 5.92 Å². The average Bonchev–Trinajstić information content (AvgIpc) is 2.75.